The van der Waals surface area contributed by atoms with E-state index >= 15 is 0 Å². The summed E-state index contributed by atoms with van der Waals surface area (Å²) in [5.41, 5.74) is 1.15. The van der Waals surface area contributed by atoms with Gasteiger partial charge in [0.15, 0.2) is 5.96 Å². The van der Waals surface area contributed by atoms with Crippen LogP contribution in [0.2, 0.25) is 0 Å². The van der Waals surface area contributed by atoms with Crippen LogP contribution in [0.4, 0.5) is 0 Å². The van der Waals surface area contributed by atoms with Crippen LogP contribution in [0.3, 0.4) is 0 Å². The molecule has 7 nitrogen and oxygen atoms in total. The molecule has 0 radical (unpaired) electrons. The molecule has 2 aromatic heterocycles. The zero-order chi connectivity index (χ0) is 16.5. The second-order valence-electron chi connectivity index (χ2n) is 5.15. The number of rotatable bonds is 7. The summed E-state index contributed by atoms with van der Waals surface area (Å²) in [4.78, 5) is 10.7. The van der Waals surface area contributed by atoms with Gasteiger partial charge in [0, 0.05) is 45.1 Å². The molecule has 0 aliphatic heterocycles. The van der Waals surface area contributed by atoms with Gasteiger partial charge in [-0.3, -0.25) is 9.67 Å². The quantitative estimate of drug-likeness (QED) is 0.306. The Morgan fingerprint density at radius 2 is 2.25 bits per heavy atom. The molecule has 8 heteroatoms. The van der Waals surface area contributed by atoms with Crippen LogP contribution in [-0.2, 0) is 13.6 Å². The van der Waals surface area contributed by atoms with Gasteiger partial charge < -0.3 is 15.0 Å². The van der Waals surface area contributed by atoms with Crippen molar-refractivity contribution < 1.29 is 4.74 Å². The Morgan fingerprint density at radius 3 is 2.88 bits per heavy atom. The van der Waals surface area contributed by atoms with Crippen LogP contribution >= 0.6 is 24.0 Å². The third kappa shape index (κ3) is 6.73. The first-order valence-corrected chi connectivity index (χ1v) is 7.69. The average molecular weight is 444 g/mol. The number of guanidine groups is 1. The molecule has 0 aliphatic rings. The smallest absolute Gasteiger partial charge is 0.194 e. The molecule has 0 unspecified atom stereocenters. The van der Waals surface area contributed by atoms with Gasteiger partial charge in [-0.05, 0) is 19.1 Å². The molecular formula is C16H25IN6O. The summed E-state index contributed by atoms with van der Waals surface area (Å²) in [6, 6.07) is 3.74. The summed E-state index contributed by atoms with van der Waals surface area (Å²) in [5.74, 6) is 1.61. The second-order valence-corrected chi connectivity index (χ2v) is 5.15. The number of nitrogens with zero attached hydrogens (tertiary/aromatic N) is 5. The third-order valence-electron chi connectivity index (χ3n) is 3.13. The lowest BCUT2D eigenvalue weighted by molar-refractivity contribution is 0.326. The van der Waals surface area contributed by atoms with Gasteiger partial charge in [0.1, 0.15) is 12.4 Å². The van der Waals surface area contributed by atoms with Gasteiger partial charge in [-0.1, -0.05) is 0 Å². The van der Waals surface area contributed by atoms with Crippen molar-refractivity contribution in [3.05, 3.63) is 42.5 Å². The van der Waals surface area contributed by atoms with Gasteiger partial charge in [-0.25, -0.2) is 4.99 Å². The number of hydrogen-bond acceptors (Lipinski definition) is 4. The molecule has 24 heavy (non-hydrogen) atoms. The summed E-state index contributed by atoms with van der Waals surface area (Å²) in [6.45, 7) is 4.72. The molecule has 0 spiro atoms. The summed E-state index contributed by atoms with van der Waals surface area (Å²) in [5, 5.41) is 7.48. The lowest BCUT2D eigenvalue weighted by atomic mass is 10.3. The lowest BCUT2D eigenvalue weighted by Crippen LogP contribution is -2.38. The molecule has 2 rings (SSSR count). The van der Waals surface area contributed by atoms with Crippen molar-refractivity contribution in [3.8, 4) is 5.75 Å². The van der Waals surface area contributed by atoms with Crippen molar-refractivity contribution in [2.24, 2.45) is 12.0 Å². The summed E-state index contributed by atoms with van der Waals surface area (Å²) >= 11 is 0. The van der Waals surface area contributed by atoms with Crippen LogP contribution in [0.5, 0.6) is 5.75 Å². The van der Waals surface area contributed by atoms with Crippen molar-refractivity contribution in [3.63, 3.8) is 0 Å². The zero-order valence-electron chi connectivity index (χ0n) is 14.3. The largest absolute Gasteiger partial charge is 0.490 e. The molecule has 0 saturated heterocycles. The molecule has 0 saturated carbocycles. The molecule has 0 amide bonds. The van der Waals surface area contributed by atoms with Crippen molar-refractivity contribution in [2.45, 2.75) is 13.5 Å². The number of ether oxygens (including phenoxy) is 1. The highest BCUT2D eigenvalue weighted by Gasteiger charge is 2.07. The van der Waals surface area contributed by atoms with Gasteiger partial charge in [0.05, 0.1) is 18.9 Å². The molecule has 0 aromatic carbocycles. The fourth-order valence-electron chi connectivity index (χ4n) is 2.12. The first-order valence-electron chi connectivity index (χ1n) is 7.69. The molecule has 132 valence electrons. The predicted octanol–water partition coefficient (Wildman–Crippen LogP) is 1.91. The van der Waals surface area contributed by atoms with E-state index < -0.39 is 0 Å². The van der Waals surface area contributed by atoms with Crippen molar-refractivity contribution >= 4 is 29.9 Å². The van der Waals surface area contributed by atoms with E-state index in [0.29, 0.717) is 13.2 Å². The number of hydrogen-bond donors (Lipinski definition) is 1. The van der Waals surface area contributed by atoms with E-state index in [2.05, 4.69) is 32.2 Å². The van der Waals surface area contributed by atoms with E-state index in [9.17, 15) is 0 Å². The molecule has 0 aliphatic carbocycles. The van der Waals surface area contributed by atoms with Gasteiger partial charge in [-0.15, -0.1) is 24.0 Å². The number of aryl methyl sites for hydroxylation is 1. The number of aliphatic imine (C=N–C) groups is 1. The van der Waals surface area contributed by atoms with Crippen LogP contribution in [-0.4, -0.2) is 52.4 Å². The monoisotopic (exact) mass is 444 g/mol. The number of pyridine rings is 1. The minimum absolute atomic E-state index is 0. The Hall–Kier alpha value is -1.84. The fraction of sp³-hybridized carbons (Fsp3) is 0.438. The van der Waals surface area contributed by atoms with Gasteiger partial charge in [-0.2, -0.15) is 5.10 Å². The highest BCUT2D eigenvalue weighted by Crippen LogP contribution is 2.05. The maximum absolute atomic E-state index is 5.61. The topological polar surface area (TPSA) is 67.6 Å². The average Bonchev–Trinajstić information content (AvgIpc) is 2.96. The molecule has 1 N–H and O–H groups in total. The number of nitrogens with one attached hydrogen (secondary N) is 1. The van der Waals surface area contributed by atoms with E-state index in [1.807, 2.05) is 38.6 Å². The van der Waals surface area contributed by atoms with E-state index in [1.165, 1.54) is 0 Å². The number of halogens is 1. The van der Waals surface area contributed by atoms with E-state index in [0.717, 1.165) is 30.4 Å². The Kier molecular flexibility index (Phi) is 9.13. The first-order chi connectivity index (χ1) is 11.2. The minimum atomic E-state index is 0. The van der Waals surface area contributed by atoms with Gasteiger partial charge in [0.25, 0.3) is 0 Å². The van der Waals surface area contributed by atoms with Crippen LogP contribution < -0.4 is 10.1 Å². The molecule has 0 fully saturated rings. The Balaban J connectivity index is 0.00000288. The van der Waals surface area contributed by atoms with Crippen molar-refractivity contribution in [1.82, 2.24) is 25.0 Å². The van der Waals surface area contributed by atoms with Crippen molar-refractivity contribution in [1.29, 1.82) is 0 Å². The molecule has 0 atom stereocenters. The van der Waals surface area contributed by atoms with Gasteiger partial charge in [0.2, 0.25) is 0 Å². The van der Waals surface area contributed by atoms with E-state index in [1.54, 1.807) is 17.1 Å². The first kappa shape index (κ1) is 20.2. The summed E-state index contributed by atoms with van der Waals surface area (Å²) in [6.07, 6.45) is 7.29. The second kappa shape index (κ2) is 10.8. The van der Waals surface area contributed by atoms with Gasteiger partial charge >= 0.3 is 0 Å². The fourth-order valence-corrected chi connectivity index (χ4v) is 2.12. The zero-order valence-corrected chi connectivity index (χ0v) is 16.7. The molecule has 2 aromatic rings. The van der Waals surface area contributed by atoms with Crippen molar-refractivity contribution in [2.75, 3.05) is 26.7 Å². The highest BCUT2D eigenvalue weighted by molar-refractivity contribution is 14.0. The standard InChI is InChI=1S/C16H24N6O.HI/c1-4-18-16(21(2)12-14-10-20-22(3)13-14)19-8-9-23-15-6-5-7-17-11-15;/h5-7,10-11,13H,4,8-9,12H2,1-3H3,(H,18,19);1H. The Labute approximate surface area is 160 Å². The molecule has 0 bridgehead atoms. The SMILES string of the molecule is CCNC(=NCCOc1cccnc1)N(C)Cc1cnn(C)c1.I. The predicted molar refractivity (Wildman–Crippen MR) is 106 cm³/mol. The van der Waals surface area contributed by atoms with Crippen LogP contribution in [0.1, 0.15) is 12.5 Å². The lowest BCUT2D eigenvalue weighted by Gasteiger charge is -2.21. The van der Waals surface area contributed by atoms with E-state index in [-0.39, 0.29) is 24.0 Å². The van der Waals surface area contributed by atoms with Crippen LogP contribution in [0.15, 0.2) is 41.9 Å². The Morgan fingerprint density at radius 1 is 1.42 bits per heavy atom. The number of aromatic nitrogens is 3. The normalized spacial score (nSPS) is 10.9. The highest BCUT2D eigenvalue weighted by atomic mass is 127. The van der Waals surface area contributed by atoms with E-state index in [4.69, 9.17) is 4.74 Å². The Bertz CT molecular complexity index is 616. The maximum atomic E-state index is 5.61. The third-order valence-corrected chi connectivity index (χ3v) is 3.13. The van der Waals surface area contributed by atoms with Crippen LogP contribution in [0.25, 0.3) is 0 Å². The maximum Gasteiger partial charge on any atom is 0.194 e. The molecule has 2 heterocycles. The minimum Gasteiger partial charge on any atom is -0.490 e. The van der Waals surface area contributed by atoms with Crippen LogP contribution in [0, 0.1) is 0 Å². The summed E-state index contributed by atoms with van der Waals surface area (Å²) in [7, 11) is 3.93. The molecular weight excluding hydrogens is 419 g/mol. The summed E-state index contributed by atoms with van der Waals surface area (Å²) < 4.78 is 7.41.